The third-order valence-corrected chi connectivity index (χ3v) is 5.04. The average molecular weight is 300 g/mol. The largest absolute Gasteiger partial charge is 0.396 e. The van der Waals surface area contributed by atoms with Crippen molar-refractivity contribution in [3.63, 3.8) is 0 Å². The lowest BCUT2D eigenvalue weighted by Crippen LogP contribution is -2.15. The lowest BCUT2D eigenvalue weighted by atomic mass is 10.2. The Morgan fingerprint density at radius 2 is 1.57 bits per heavy atom. The number of anilines is 1. The van der Waals surface area contributed by atoms with Crippen molar-refractivity contribution in [3.05, 3.63) is 60.3 Å². The molecule has 0 fully saturated rings. The number of para-hydroxylation sites is 1. The van der Waals surface area contributed by atoms with E-state index in [1.807, 2.05) is 0 Å². The molecule has 0 aliphatic carbocycles. The standard InChI is InChI=1S/C15H12N2O3S/c16-15-12-8-4-5-9-13(12)17(14(15)10-18)21(19,20)11-6-2-1-3-7-11/h1-10H,16H2. The van der Waals surface area contributed by atoms with Crippen LogP contribution in [-0.2, 0) is 10.0 Å². The van der Waals surface area contributed by atoms with Crippen LogP contribution in [-0.4, -0.2) is 18.7 Å². The van der Waals surface area contributed by atoms with E-state index in [1.165, 1.54) is 12.1 Å². The summed E-state index contributed by atoms with van der Waals surface area (Å²) >= 11 is 0. The Bertz CT molecular complexity index is 928. The molecule has 0 aliphatic heterocycles. The van der Waals surface area contributed by atoms with Gasteiger partial charge in [-0.25, -0.2) is 12.4 Å². The minimum atomic E-state index is -3.88. The summed E-state index contributed by atoms with van der Waals surface area (Å²) in [5, 5.41) is 0.541. The van der Waals surface area contributed by atoms with Gasteiger partial charge in [0.1, 0.15) is 5.69 Å². The number of nitrogens with zero attached hydrogens (tertiary/aromatic N) is 1. The van der Waals surface area contributed by atoms with E-state index in [0.717, 1.165) is 3.97 Å². The first-order chi connectivity index (χ1) is 10.1. The quantitative estimate of drug-likeness (QED) is 0.752. The van der Waals surface area contributed by atoms with Crippen molar-refractivity contribution in [1.29, 1.82) is 0 Å². The minimum absolute atomic E-state index is 0.0555. The summed E-state index contributed by atoms with van der Waals surface area (Å²) in [6, 6.07) is 14.7. The fourth-order valence-electron chi connectivity index (χ4n) is 2.32. The zero-order valence-corrected chi connectivity index (χ0v) is 11.7. The Morgan fingerprint density at radius 3 is 2.24 bits per heavy atom. The van der Waals surface area contributed by atoms with Gasteiger partial charge >= 0.3 is 0 Å². The molecular formula is C15H12N2O3S. The minimum Gasteiger partial charge on any atom is -0.396 e. The first-order valence-electron chi connectivity index (χ1n) is 6.22. The predicted octanol–water partition coefficient (Wildman–Crippen LogP) is 2.27. The highest BCUT2D eigenvalue weighted by Crippen LogP contribution is 2.30. The first kappa shape index (κ1) is 13.4. The number of fused-ring (bicyclic) bond motifs is 1. The molecule has 0 radical (unpaired) electrons. The van der Waals surface area contributed by atoms with Crippen LogP contribution in [0.5, 0.6) is 0 Å². The highest BCUT2D eigenvalue weighted by atomic mass is 32.2. The number of nitrogens with two attached hydrogens (primary N) is 1. The Morgan fingerprint density at radius 1 is 0.952 bits per heavy atom. The Hall–Kier alpha value is -2.60. The molecule has 0 saturated heterocycles. The third-order valence-electron chi connectivity index (χ3n) is 3.30. The number of hydrogen-bond donors (Lipinski definition) is 1. The van der Waals surface area contributed by atoms with Crippen LogP contribution in [0.1, 0.15) is 10.5 Å². The maximum atomic E-state index is 12.8. The number of carbonyl (C=O) groups is 1. The fraction of sp³-hybridized carbons (Fsp3) is 0. The molecule has 1 heterocycles. The Labute approximate surface area is 121 Å². The lowest BCUT2D eigenvalue weighted by Gasteiger charge is -2.09. The van der Waals surface area contributed by atoms with Crippen molar-refractivity contribution < 1.29 is 13.2 Å². The molecule has 2 N–H and O–H groups in total. The highest BCUT2D eigenvalue weighted by Gasteiger charge is 2.25. The van der Waals surface area contributed by atoms with Crippen LogP contribution in [0.15, 0.2) is 59.5 Å². The van der Waals surface area contributed by atoms with Crippen LogP contribution < -0.4 is 5.73 Å². The van der Waals surface area contributed by atoms with E-state index in [1.54, 1.807) is 42.5 Å². The monoisotopic (exact) mass is 300 g/mol. The molecule has 3 rings (SSSR count). The summed E-state index contributed by atoms with van der Waals surface area (Å²) in [7, 11) is -3.88. The summed E-state index contributed by atoms with van der Waals surface area (Å²) < 4.78 is 26.6. The molecule has 0 spiro atoms. The van der Waals surface area contributed by atoms with E-state index in [2.05, 4.69) is 0 Å². The van der Waals surface area contributed by atoms with E-state index in [4.69, 9.17) is 5.73 Å². The molecule has 0 unspecified atom stereocenters. The molecule has 0 amide bonds. The summed E-state index contributed by atoms with van der Waals surface area (Å²) in [6.07, 6.45) is 0.468. The van der Waals surface area contributed by atoms with Gasteiger partial charge in [-0.3, -0.25) is 4.79 Å². The van der Waals surface area contributed by atoms with Crippen LogP contribution in [0.25, 0.3) is 10.9 Å². The number of nitrogen functional groups attached to an aromatic ring is 1. The molecular weight excluding hydrogens is 288 g/mol. The molecule has 6 heteroatoms. The number of aromatic nitrogens is 1. The molecule has 3 aromatic rings. The average Bonchev–Trinajstić information content (AvgIpc) is 2.81. The third kappa shape index (κ3) is 1.92. The van der Waals surface area contributed by atoms with Gasteiger partial charge in [-0.1, -0.05) is 36.4 Å². The molecule has 0 bridgehead atoms. The van der Waals surface area contributed by atoms with Crippen LogP contribution in [0.2, 0.25) is 0 Å². The summed E-state index contributed by atoms with van der Waals surface area (Å²) in [6.45, 7) is 0. The Kier molecular flexibility index (Phi) is 3.03. The van der Waals surface area contributed by atoms with Crippen molar-refractivity contribution in [3.8, 4) is 0 Å². The van der Waals surface area contributed by atoms with Crippen LogP contribution in [0.4, 0.5) is 5.69 Å². The summed E-state index contributed by atoms with van der Waals surface area (Å²) in [4.78, 5) is 11.4. The van der Waals surface area contributed by atoms with Crippen molar-refractivity contribution in [2.45, 2.75) is 4.90 Å². The number of carbonyl (C=O) groups excluding carboxylic acids is 1. The van der Waals surface area contributed by atoms with E-state index in [0.29, 0.717) is 17.2 Å². The molecule has 0 saturated carbocycles. The fourth-order valence-corrected chi connectivity index (χ4v) is 3.85. The molecule has 2 aromatic carbocycles. The number of benzene rings is 2. The van der Waals surface area contributed by atoms with Crippen LogP contribution in [0.3, 0.4) is 0 Å². The summed E-state index contributed by atoms with van der Waals surface area (Å²) in [5.74, 6) is 0. The van der Waals surface area contributed by atoms with Gasteiger partial charge in [0.2, 0.25) is 0 Å². The highest BCUT2D eigenvalue weighted by molar-refractivity contribution is 7.90. The molecule has 5 nitrogen and oxygen atoms in total. The van der Waals surface area contributed by atoms with Gasteiger partial charge in [0.25, 0.3) is 10.0 Å². The second-order valence-electron chi connectivity index (χ2n) is 4.52. The van der Waals surface area contributed by atoms with Crippen molar-refractivity contribution >= 4 is 32.9 Å². The van der Waals surface area contributed by atoms with Gasteiger partial charge in [0.05, 0.1) is 16.1 Å². The predicted molar refractivity (Wildman–Crippen MR) is 80.8 cm³/mol. The van der Waals surface area contributed by atoms with Crippen LogP contribution in [0, 0.1) is 0 Å². The maximum Gasteiger partial charge on any atom is 0.268 e. The lowest BCUT2D eigenvalue weighted by molar-refractivity contribution is 0.111. The molecule has 21 heavy (non-hydrogen) atoms. The topological polar surface area (TPSA) is 82.2 Å². The smallest absolute Gasteiger partial charge is 0.268 e. The number of aldehydes is 1. The first-order valence-corrected chi connectivity index (χ1v) is 7.66. The van der Waals surface area contributed by atoms with E-state index in [9.17, 15) is 13.2 Å². The normalized spacial score (nSPS) is 11.6. The number of hydrogen-bond acceptors (Lipinski definition) is 4. The molecule has 1 aromatic heterocycles. The van der Waals surface area contributed by atoms with Crippen molar-refractivity contribution in [1.82, 2.24) is 3.97 Å². The second kappa shape index (κ2) is 4.75. The Balaban J connectivity index is 2.43. The van der Waals surface area contributed by atoms with Gasteiger partial charge in [-0.05, 0) is 18.2 Å². The van der Waals surface area contributed by atoms with Gasteiger partial charge in [-0.2, -0.15) is 0 Å². The van der Waals surface area contributed by atoms with E-state index in [-0.39, 0.29) is 16.3 Å². The second-order valence-corrected chi connectivity index (χ2v) is 6.30. The van der Waals surface area contributed by atoms with E-state index >= 15 is 0 Å². The zero-order valence-electron chi connectivity index (χ0n) is 10.9. The molecule has 0 atom stereocenters. The SMILES string of the molecule is Nc1c(C=O)n(S(=O)(=O)c2ccccc2)c2ccccc12. The van der Waals surface area contributed by atoms with Gasteiger partial charge in [0.15, 0.2) is 6.29 Å². The van der Waals surface area contributed by atoms with Crippen molar-refractivity contribution in [2.75, 3.05) is 5.73 Å². The zero-order chi connectivity index (χ0) is 15.0. The molecule has 0 aliphatic rings. The number of rotatable bonds is 3. The molecule has 106 valence electrons. The maximum absolute atomic E-state index is 12.8. The van der Waals surface area contributed by atoms with Gasteiger partial charge in [0, 0.05) is 5.39 Å². The van der Waals surface area contributed by atoms with E-state index < -0.39 is 10.0 Å². The van der Waals surface area contributed by atoms with Gasteiger partial charge < -0.3 is 5.73 Å². The summed E-state index contributed by atoms with van der Waals surface area (Å²) in [5.41, 5.74) is 6.41. The van der Waals surface area contributed by atoms with Crippen molar-refractivity contribution in [2.24, 2.45) is 0 Å². The van der Waals surface area contributed by atoms with Crippen LogP contribution >= 0.6 is 0 Å². The van der Waals surface area contributed by atoms with Gasteiger partial charge in [-0.15, -0.1) is 0 Å².